The van der Waals surface area contributed by atoms with Crippen molar-refractivity contribution < 1.29 is 4.39 Å². The van der Waals surface area contributed by atoms with E-state index in [1.165, 1.54) is 44.6 Å². The van der Waals surface area contributed by atoms with Crippen molar-refractivity contribution in [3.05, 3.63) is 35.9 Å². The lowest BCUT2D eigenvalue weighted by Gasteiger charge is -2.22. The molecule has 1 spiro atoms. The van der Waals surface area contributed by atoms with E-state index in [0.29, 0.717) is 12.6 Å². The zero-order chi connectivity index (χ0) is 12.8. The van der Waals surface area contributed by atoms with Gasteiger partial charge in [-0.3, -0.25) is 9.29 Å². The van der Waals surface area contributed by atoms with Gasteiger partial charge in [-0.1, -0.05) is 30.3 Å². The molecule has 3 heteroatoms. The first kappa shape index (κ1) is 13.5. The second kappa shape index (κ2) is 6.30. The molecule has 2 heterocycles. The molecule has 100 valence electrons. The molecule has 3 rings (SSSR count). The fourth-order valence-electron chi connectivity index (χ4n) is 3.15. The summed E-state index contributed by atoms with van der Waals surface area (Å²) in [5.41, 5.74) is 2.06. The minimum Gasteiger partial charge on any atom is -0.316 e. The SMILES string of the molecule is CF.c1ccc(CN2CCC3(CCNC3)C2)cc1. The average molecular weight is 250 g/mol. The van der Waals surface area contributed by atoms with E-state index in [4.69, 9.17) is 0 Å². The quantitative estimate of drug-likeness (QED) is 0.867. The van der Waals surface area contributed by atoms with Gasteiger partial charge in [-0.05, 0) is 36.9 Å². The molecule has 0 amide bonds. The third kappa shape index (κ3) is 3.09. The number of hydrogen-bond donors (Lipinski definition) is 1. The van der Waals surface area contributed by atoms with Crippen molar-refractivity contribution in [3.8, 4) is 0 Å². The monoisotopic (exact) mass is 250 g/mol. The van der Waals surface area contributed by atoms with Crippen LogP contribution in [-0.4, -0.2) is 38.3 Å². The maximum absolute atomic E-state index is 9.50. The van der Waals surface area contributed by atoms with Crippen LogP contribution in [0.3, 0.4) is 0 Å². The van der Waals surface area contributed by atoms with Gasteiger partial charge in [0.05, 0.1) is 7.18 Å². The first-order chi connectivity index (χ1) is 8.86. The molecule has 0 saturated carbocycles. The Kier molecular flexibility index (Phi) is 4.72. The Labute approximate surface area is 109 Å². The standard InChI is InChI=1S/C14H20N2.CH3F/c1-2-4-13(5-3-1)10-16-9-7-14(12-16)6-8-15-11-14;1-2/h1-5,15H,6-12H2;1H3. The van der Waals surface area contributed by atoms with E-state index in [9.17, 15) is 4.39 Å². The van der Waals surface area contributed by atoms with Crippen LogP contribution in [-0.2, 0) is 6.54 Å². The highest BCUT2D eigenvalue weighted by Gasteiger charge is 2.39. The third-order valence-corrected chi connectivity index (χ3v) is 4.10. The average Bonchev–Trinajstić information content (AvgIpc) is 3.04. The van der Waals surface area contributed by atoms with Gasteiger partial charge in [0.15, 0.2) is 0 Å². The van der Waals surface area contributed by atoms with Crippen molar-refractivity contribution >= 4 is 0 Å². The van der Waals surface area contributed by atoms with Gasteiger partial charge in [-0.25, -0.2) is 0 Å². The first-order valence-corrected chi connectivity index (χ1v) is 6.71. The fourth-order valence-corrected chi connectivity index (χ4v) is 3.15. The zero-order valence-corrected chi connectivity index (χ0v) is 11.2. The molecule has 2 aliphatic heterocycles. The van der Waals surface area contributed by atoms with E-state index >= 15 is 0 Å². The van der Waals surface area contributed by atoms with Crippen LogP contribution < -0.4 is 5.32 Å². The zero-order valence-electron chi connectivity index (χ0n) is 11.2. The Hall–Kier alpha value is -0.930. The summed E-state index contributed by atoms with van der Waals surface area (Å²) in [5, 5.41) is 3.51. The summed E-state index contributed by atoms with van der Waals surface area (Å²) in [4.78, 5) is 2.61. The molecule has 2 fully saturated rings. The summed E-state index contributed by atoms with van der Waals surface area (Å²) in [6.07, 6.45) is 2.76. The Morgan fingerprint density at radius 3 is 2.67 bits per heavy atom. The molecule has 1 aromatic carbocycles. The van der Waals surface area contributed by atoms with Crippen molar-refractivity contribution in [2.45, 2.75) is 19.4 Å². The molecule has 2 aliphatic rings. The number of nitrogens with one attached hydrogen (secondary N) is 1. The maximum Gasteiger partial charge on any atom is 0.0785 e. The number of hydrogen-bond acceptors (Lipinski definition) is 2. The lowest BCUT2D eigenvalue weighted by molar-refractivity contribution is 0.268. The van der Waals surface area contributed by atoms with E-state index in [-0.39, 0.29) is 0 Å². The Balaban J connectivity index is 0.000000574. The Morgan fingerprint density at radius 1 is 1.22 bits per heavy atom. The van der Waals surface area contributed by atoms with Crippen LogP contribution in [0.5, 0.6) is 0 Å². The van der Waals surface area contributed by atoms with Crippen LogP contribution in [0.15, 0.2) is 30.3 Å². The highest BCUT2D eigenvalue weighted by Crippen LogP contribution is 2.36. The number of alkyl halides is 1. The van der Waals surface area contributed by atoms with Crippen molar-refractivity contribution in [2.75, 3.05) is 33.4 Å². The van der Waals surface area contributed by atoms with Crippen molar-refractivity contribution in [1.82, 2.24) is 10.2 Å². The third-order valence-electron chi connectivity index (χ3n) is 4.10. The highest BCUT2D eigenvalue weighted by atomic mass is 19.1. The molecule has 0 aliphatic carbocycles. The lowest BCUT2D eigenvalue weighted by Crippen LogP contribution is -2.28. The van der Waals surface area contributed by atoms with Crippen molar-refractivity contribution in [1.29, 1.82) is 0 Å². The number of likely N-dealkylation sites (tertiary alicyclic amines) is 1. The molecule has 0 radical (unpaired) electrons. The smallest absolute Gasteiger partial charge is 0.0785 e. The largest absolute Gasteiger partial charge is 0.316 e. The number of halogens is 1. The van der Waals surface area contributed by atoms with Gasteiger partial charge in [-0.2, -0.15) is 0 Å². The van der Waals surface area contributed by atoms with Crippen molar-refractivity contribution in [2.24, 2.45) is 5.41 Å². The molecule has 1 atom stereocenters. The van der Waals surface area contributed by atoms with Crippen LogP contribution in [0.25, 0.3) is 0 Å². The van der Waals surface area contributed by atoms with Gasteiger partial charge >= 0.3 is 0 Å². The van der Waals surface area contributed by atoms with Gasteiger partial charge in [0.25, 0.3) is 0 Å². The molecule has 1 unspecified atom stereocenters. The molecule has 1 aromatic rings. The van der Waals surface area contributed by atoms with Gasteiger partial charge < -0.3 is 5.32 Å². The summed E-state index contributed by atoms with van der Waals surface area (Å²) < 4.78 is 9.50. The van der Waals surface area contributed by atoms with Crippen LogP contribution in [0, 0.1) is 5.41 Å². The van der Waals surface area contributed by atoms with E-state index in [0.717, 1.165) is 6.54 Å². The van der Waals surface area contributed by atoms with E-state index in [1.54, 1.807) is 0 Å². The van der Waals surface area contributed by atoms with Gasteiger partial charge in [0.2, 0.25) is 0 Å². The first-order valence-electron chi connectivity index (χ1n) is 6.71. The van der Waals surface area contributed by atoms with E-state index in [2.05, 4.69) is 40.5 Å². The normalized spacial score (nSPS) is 27.2. The molecule has 2 saturated heterocycles. The van der Waals surface area contributed by atoms with E-state index < -0.39 is 0 Å². The molecule has 1 N–H and O–H groups in total. The minimum atomic E-state index is 0.500. The lowest BCUT2D eigenvalue weighted by atomic mass is 9.87. The van der Waals surface area contributed by atoms with Crippen LogP contribution in [0.2, 0.25) is 0 Å². The predicted octanol–water partition coefficient (Wildman–Crippen LogP) is 2.46. The van der Waals surface area contributed by atoms with Crippen LogP contribution in [0.4, 0.5) is 4.39 Å². The number of rotatable bonds is 2. The topological polar surface area (TPSA) is 15.3 Å². The molecule has 0 aromatic heterocycles. The second-order valence-electron chi connectivity index (χ2n) is 5.37. The molecule has 2 nitrogen and oxygen atoms in total. The van der Waals surface area contributed by atoms with E-state index in [1.807, 2.05) is 0 Å². The summed E-state index contributed by atoms with van der Waals surface area (Å²) in [7, 11) is 0.500. The fraction of sp³-hybridized carbons (Fsp3) is 0.600. The van der Waals surface area contributed by atoms with Gasteiger partial charge in [0, 0.05) is 19.6 Å². The molecular weight excluding hydrogens is 227 g/mol. The molecular formula is C15H23FN2. The maximum atomic E-state index is 9.50. The van der Waals surface area contributed by atoms with Crippen LogP contribution >= 0.6 is 0 Å². The minimum absolute atomic E-state index is 0.500. The predicted molar refractivity (Wildman–Crippen MR) is 73.3 cm³/mol. The van der Waals surface area contributed by atoms with Crippen molar-refractivity contribution in [3.63, 3.8) is 0 Å². The summed E-state index contributed by atoms with van der Waals surface area (Å²) in [6, 6.07) is 10.8. The van der Waals surface area contributed by atoms with Gasteiger partial charge in [-0.15, -0.1) is 0 Å². The number of nitrogens with zero attached hydrogens (tertiary/aromatic N) is 1. The van der Waals surface area contributed by atoms with Gasteiger partial charge in [0.1, 0.15) is 0 Å². The summed E-state index contributed by atoms with van der Waals surface area (Å²) in [5.74, 6) is 0. The van der Waals surface area contributed by atoms with Crippen LogP contribution in [0.1, 0.15) is 18.4 Å². The Bertz CT molecular complexity index is 347. The molecule has 18 heavy (non-hydrogen) atoms. The summed E-state index contributed by atoms with van der Waals surface area (Å²) in [6.45, 7) is 6.14. The second-order valence-corrected chi connectivity index (χ2v) is 5.37. The number of benzene rings is 1. The summed E-state index contributed by atoms with van der Waals surface area (Å²) >= 11 is 0. The Morgan fingerprint density at radius 2 is 2.00 bits per heavy atom. The molecule has 0 bridgehead atoms. The highest BCUT2D eigenvalue weighted by molar-refractivity contribution is 5.15.